The van der Waals surface area contributed by atoms with E-state index in [0.717, 1.165) is 12.1 Å². The van der Waals surface area contributed by atoms with E-state index in [1.807, 2.05) is 19.4 Å². The molecule has 2 atom stereocenters. The molecule has 0 spiro atoms. The minimum Gasteiger partial charge on any atom is -0.472 e. The molecule has 3 heterocycles. The van der Waals surface area contributed by atoms with Crippen LogP contribution in [0.1, 0.15) is 21.8 Å². The average Bonchev–Trinajstić information content (AvgIpc) is 3.43. The summed E-state index contributed by atoms with van der Waals surface area (Å²) in [7, 11) is 1.87. The van der Waals surface area contributed by atoms with E-state index in [9.17, 15) is 9.59 Å². The average molecular weight is 416 g/mol. The van der Waals surface area contributed by atoms with Gasteiger partial charge in [-0.1, -0.05) is 6.07 Å². The second-order valence-corrected chi connectivity index (χ2v) is 6.85. The Labute approximate surface area is 174 Å². The molecule has 1 saturated heterocycles. The maximum absolute atomic E-state index is 12.8. The zero-order chi connectivity index (χ0) is 19.5. The van der Waals surface area contributed by atoms with Gasteiger partial charge in [-0.25, -0.2) is 0 Å². The summed E-state index contributed by atoms with van der Waals surface area (Å²) in [5.41, 5.74) is 2.71. The van der Waals surface area contributed by atoms with E-state index in [2.05, 4.69) is 21.0 Å². The van der Waals surface area contributed by atoms with E-state index in [-0.39, 0.29) is 36.1 Å². The lowest BCUT2D eigenvalue weighted by Crippen LogP contribution is -2.28. The number of hydrogen-bond donors (Lipinski definition) is 3. The molecule has 0 unspecified atom stereocenters. The zero-order valence-electron chi connectivity index (χ0n) is 15.8. The van der Waals surface area contributed by atoms with Crippen LogP contribution in [0.3, 0.4) is 0 Å². The highest BCUT2D eigenvalue weighted by atomic mass is 35.5. The molecule has 0 radical (unpaired) electrons. The highest BCUT2D eigenvalue weighted by Crippen LogP contribution is 2.29. The fourth-order valence-corrected chi connectivity index (χ4v) is 3.44. The van der Waals surface area contributed by atoms with Crippen LogP contribution in [0.15, 0.2) is 59.7 Å². The van der Waals surface area contributed by atoms with Gasteiger partial charge in [-0.15, -0.1) is 12.4 Å². The number of aromatic nitrogens is 2. The van der Waals surface area contributed by atoms with E-state index >= 15 is 0 Å². The molecule has 152 valence electrons. The van der Waals surface area contributed by atoms with Gasteiger partial charge in [0.1, 0.15) is 6.26 Å². The zero-order valence-corrected chi connectivity index (χ0v) is 16.6. The van der Waals surface area contributed by atoms with Crippen molar-refractivity contribution in [3.63, 3.8) is 0 Å². The lowest BCUT2D eigenvalue weighted by Gasteiger charge is -2.17. The molecular weight excluding hydrogens is 394 g/mol. The van der Waals surface area contributed by atoms with Crippen LogP contribution in [-0.4, -0.2) is 34.7 Å². The second-order valence-electron chi connectivity index (χ2n) is 6.85. The molecule has 29 heavy (non-hydrogen) atoms. The summed E-state index contributed by atoms with van der Waals surface area (Å²) in [5, 5.41) is 13.2. The van der Waals surface area contributed by atoms with Crippen molar-refractivity contribution in [2.24, 2.45) is 13.0 Å². The number of hydrogen-bond acceptors (Lipinski definition) is 5. The summed E-state index contributed by atoms with van der Waals surface area (Å²) in [6, 6.07) is 8.67. The molecule has 0 saturated carbocycles. The van der Waals surface area contributed by atoms with Crippen molar-refractivity contribution in [3.8, 4) is 0 Å². The number of benzene rings is 1. The minimum atomic E-state index is -0.270. The van der Waals surface area contributed by atoms with Crippen molar-refractivity contribution in [2.75, 3.05) is 23.7 Å². The quantitative estimate of drug-likeness (QED) is 0.594. The van der Waals surface area contributed by atoms with Gasteiger partial charge >= 0.3 is 0 Å². The second kappa shape index (κ2) is 8.93. The number of nitrogens with zero attached hydrogens (tertiary/aromatic N) is 2. The summed E-state index contributed by atoms with van der Waals surface area (Å²) in [6.07, 6.45) is 6.58. The Kier molecular flexibility index (Phi) is 6.36. The highest BCUT2D eigenvalue weighted by Gasteiger charge is 2.34. The van der Waals surface area contributed by atoms with E-state index < -0.39 is 0 Å². The Morgan fingerprint density at radius 3 is 2.69 bits per heavy atom. The Morgan fingerprint density at radius 2 is 2.00 bits per heavy atom. The SMILES string of the molecule is Cl.Cn1cc([C@H]2CNC[C@@H]2C(=O)Nc2cccc(NC(=O)c3ccoc3)c2)cn1. The lowest BCUT2D eigenvalue weighted by atomic mass is 9.90. The van der Waals surface area contributed by atoms with Gasteiger partial charge in [-0.3, -0.25) is 14.3 Å². The molecule has 2 amide bonds. The van der Waals surface area contributed by atoms with Gasteiger partial charge in [0, 0.05) is 43.6 Å². The molecule has 2 aromatic heterocycles. The number of anilines is 2. The van der Waals surface area contributed by atoms with Gasteiger partial charge < -0.3 is 20.4 Å². The van der Waals surface area contributed by atoms with Crippen LogP contribution in [0.25, 0.3) is 0 Å². The monoisotopic (exact) mass is 415 g/mol. The number of rotatable bonds is 5. The van der Waals surface area contributed by atoms with Crippen molar-refractivity contribution < 1.29 is 14.0 Å². The van der Waals surface area contributed by atoms with Crippen LogP contribution < -0.4 is 16.0 Å². The molecule has 1 fully saturated rings. The topological polar surface area (TPSA) is 101 Å². The molecule has 0 aliphatic carbocycles. The molecule has 1 aliphatic rings. The Hall–Kier alpha value is -3.10. The minimum absolute atomic E-state index is 0. The summed E-state index contributed by atoms with van der Waals surface area (Å²) in [5.74, 6) is -0.433. The largest absolute Gasteiger partial charge is 0.472 e. The third-order valence-electron chi connectivity index (χ3n) is 4.88. The number of carbonyl (C=O) groups excluding carboxylic acids is 2. The first-order chi connectivity index (χ1) is 13.6. The summed E-state index contributed by atoms with van der Waals surface area (Å²) in [6.45, 7) is 1.35. The van der Waals surface area contributed by atoms with Crippen molar-refractivity contribution in [1.82, 2.24) is 15.1 Å². The normalized spacial score (nSPS) is 18.1. The number of amides is 2. The fraction of sp³-hybridized carbons (Fsp3) is 0.250. The maximum atomic E-state index is 12.8. The number of furan rings is 1. The van der Waals surface area contributed by atoms with Gasteiger partial charge in [0.2, 0.25) is 5.91 Å². The third kappa shape index (κ3) is 4.67. The molecule has 0 bridgehead atoms. The first kappa shape index (κ1) is 20.6. The Balaban J connectivity index is 0.00000240. The van der Waals surface area contributed by atoms with Crippen LogP contribution in [0.4, 0.5) is 11.4 Å². The predicted molar refractivity (Wildman–Crippen MR) is 111 cm³/mol. The number of halogens is 1. The van der Waals surface area contributed by atoms with Crippen molar-refractivity contribution in [2.45, 2.75) is 5.92 Å². The van der Waals surface area contributed by atoms with E-state index in [0.29, 0.717) is 23.5 Å². The van der Waals surface area contributed by atoms with Crippen LogP contribution in [-0.2, 0) is 11.8 Å². The van der Waals surface area contributed by atoms with E-state index in [1.54, 1.807) is 35.0 Å². The molecule has 3 aromatic rings. The fourth-order valence-electron chi connectivity index (χ4n) is 3.44. The van der Waals surface area contributed by atoms with Crippen LogP contribution in [0, 0.1) is 5.92 Å². The van der Waals surface area contributed by atoms with Crippen LogP contribution in [0.2, 0.25) is 0 Å². The molecular formula is C20H22ClN5O3. The molecule has 9 heteroatoms. The first-order valence-electron chi connectivity index (χ1n) is 9.04. The van der Waals surface area contributed by atoms with Gasteiger partial charge in [-0.05, 0) is 29.8 Å². The maximum Gasteiger partial charge on any atom is 0.258 e. The molecule has 1 aliphatic heterocycles. The summed E-state index contributed by atoms with van der Waals surface area (Å²) in [4.78, 5) is 25.0. The first-order valence-corrected chi connectivity index (χ1v) is 9.04. The van der Waals surface area contributed by atoms with Crippen LogP contribution in [0.5, 0.6) is 0 Å². The van der Waals surface area contributed by atoms with E-state index in [1.165, 1.54) is 12.5 Å². The van der Waals surface area contributed by atoms with Gasteiger partial charge in [0.05, 0.1) is 23.9 Å². The standard InChI is InChI=1S/C20H21N5O3.ClH/c1-25-11-14(8-22-25)17-9-21-10-18(17)20(27)24-16-4-2-3-15(7-16)23-19(26)13-5-6-28-12-13;/h2-8,11-12,17-18,21H,9-10H2,1H3,(H,23,26)(H,24,27);1H/t17-,18+;/m1./s1. The Morgan fingerprint density at radius 1 is 1.21 bits per heavy atom. The van der Waals surface area contributed by atoms with Crippen molar-refractivity contribution >= 4 is 35.6 Å². The molecule has 1 aromatic carbocycles. The predicted octanol–water partition coefficient (Wildman–Crippen LogP) is 2.63. The number of carbonyl (C=O) groups is 2. The van der Waals surface area contributed by atoms with Gasteiger partial charge in [0.15, 0.2) is 0 Å². The smallest absolute Gasteiger partial charge is 0.258 e. The Bertz CT molecular complexity index is 986. The number of nitrogens with one attached hydrogen (secondary N) is 3. The lowest BCUT2D eigenvalue weighted by molar-refractivity contribution is -0.119. The summed E-state index contributed by atoms with van der Waals surface area (Å²) < 4.78 is 6.67. The van der Waals surface area contributed by atoms with E-state index in [4.69, 9.17) is 4.42 Å². The van der Waals surface area contributed by atoms with Gasteiger partial charge in [-0.2, -0.15) is 5.10 Å². The molecule has 8 nitrogen and oxygen atoms in total. The summed E-state index contributed by atoms with van der Waals surface area (Å²) >= 11 is 0. The number of aryl methyl sites for hydroxylation is 1. The highest BCUT2D eigenvalue weighted by molar-refractivity contribution is 6.04. The van der Waals surface area contributed by atoms with Gasteiger partial charge in [0.25, 0.3) is 5.91 Å². The van der Waals surface area contributed by atoms with Crippen LogP contribution >= 0.6 is 12.4 Å². The third-order valence-corrected chi connectivity index (χ3v) is 4.88. The van der Waals surface area contributed by atoms with Crippen molar-refractivity contribution in [3.05, 3.63) is 66.4 Å². The molecule has 4 rings (SSSR count). The molecule has 3 N–H and O–H groups in total. The van der Waals surface area contributed by atoms with Crippen molar-refractivity contribution in [1.29, 1.82) is 0 Å².